The summed E-state index contributed by atoms with van der Waals surface area (Å²) in [5.74, 6) is -1.79. The molecule has 108 valence electrons. The molecule has 6 heteroatoms. The fourth-order valence-electron chi connectivity index (χ4n) is 1.44. The van der Waals surface area contributed by atoms with Crippen LogP contribution in [0, 0.1) is 28.9 Å². The van der Waals surface area contributed by atoms with E-state index in [9.17, 15) is 13.6 Å². The molecule has 1 rings (SSSR count). The van der Waals surface area contributed by atoms with E-state index in [-0.39, 0.29) is 18.2 Å². The monoisotopic (exact) mass is 281 g/mol. The number of benzene rings is 1. The van der Waals surface area contributed by atoms with Crippen molar-refractivity contribution in [2.45, 2.75) is 26.3 Å². The van der Waals surface area contributed by atoms with Crippen molar-refractivity contribution >= 4 is 11.6 Å². The zero-order valence-corrected chi connectivity index (χ0v) is 11.6. The molecule has 4 nitrogen and oxygen atoms in total. The van der Waals surface area contributed by atoms with Crippen molar-refractivity contribution in [3.8, 4) is 6.07 Å². The molecule has 0 aliphatic rings. The lowest BCUT2D eigenvalue weighted by Crippen LogP contribution is -2.50. The lowest BCUT2D eigenvalue weighted by atomic mass is 9.90. The second kappa shape index (κ2) is 6.33. The fraction of sp³-hybridized carbons (Fsp3) is 0.429. The third-order valence-corrected chi connectivity index (χ3v) is 3.15. The van der Waals surface area contributed by atoms with Crippen molar-refractivity contribution in [3.63, 3.8) is 0 Å². The molecule has 1 aromatic carbocycles. The molecule has 0 radical (unpaired) electrons. The smallest absolute Gasteiger partial charge is 0.240 e. The highest BCUT2D eigenvalue weighted by atomic mass is 19.1. The highest BCUT2D eigenvalue weighted by molar-refractivity contribution is 5.81. The third-order valence-electron chi connectivity index (χ3n) is 3.15. The van der Waals surface area contributed by atoms with E-state index in [2.05, 4.69) is 10.6 Å². The van der Waals surface area contributed by atoms with Gasteiger partial charge < -0.3 is 10.6 Å². The molecule has 0 spiro atoms. The van der Waals surface area contributed by atoms with E-state index in [1.807, 2.05) is 19.9 Å². The largest absolute Gasteiger partial charge is 0.374 e. The van der Waals surface area contributed by atoms with Crippen molar-refractivity contribution in [3.05, 3.63) is 29.8 Å². The Hall–Kier alpha value is -2.16. The Morgan fingerprint density at radius 1 is 1.45 bits per heavy atom. The fourth-order valence-corrected chi connectivity index (χ4v) is 1.44. The van der Waals surface area contributed by atoms with Gasteiger partial charge in [-0.15, -0.1) is 0 Å². The molecule has 0 bridgehead atoms. The summed E-state index contributed by atoms with van der Waals surface area (Å²) in [5.41, 5.74) is -1.09. The molecule has 1 amide bonds. The Morgan fingerprint density at radius 2 is 2.10 bits per heavy atom. The summed E-state index contributed by atoms with van der Waals surface area (Å²) < 4.78 is 26.3. The van der Waals surface area contributed by atoms with Crippen molar-refractivity contribution in [2.75, 3.05) is 11.9 Å². The number of hydrogen-bond donors (Lipinski definition) is 2. The lowest BCUT2D eigenvalue weighted by Gasteiger charge is -2.27. The van der Waals surface area contributed by atoms with Gasteiger partial charge in [-0.3, -0.25) is 4.79 Å². The minimum Gasteiger partial charge on any atom is -0.374 e. The number of nitrogens with zero attached hydrogens (tertiary/aromatic N) is 1. The molecule has 0 fully saturated rings. The van der Waals surface area contributed by atoms with Crippen molar-refractivity contribution in [1.82, 2.24) is 5.32 Å². The Balaban J connectivity index is 2.65. The van der Waals surface area contributed by atoms with E-state index in [0.29, 0.717) is 0 Å². The maximum atomic E-state index is 13.3. The van der Waals surface area contributed by atoms with Gasteiger partial charge in [0.05, 0.1) is 18.3 Å². The summed E-state index contributed by atoms with van der Waals surface area (Å²) in [5, 5.41) is 14.1. The van der Waals surface area contributed by atoms with Gasteiger partial charge in [0.2, 0.25) is 5.91 Å². The summed E-state index contributed by atoms with van der Waals surface area (Å²) >= 11 is 0. The number of anilines is 1. The topological polar surface area (TPSA) is 64.9 Å². The van der Waals surface area contributed by atoms with Gasteiger partial charge >= 0.3 is 0 Å². The molecule has 1 unspecified atom stereocenters. The number of nitriles is 1. The highest BCUT2D eigenvalue weighted by Crippen LogP contribution is 2.16. The number of rotatable bonds is 5. The van der Waals surface area contributed by atoms with Gasteiger partial charge in [0.15, 0.2) is 0 Å². The summed E-state index contributed by atoms with van der Waals surface area (Å²) in [6.07, 6.45) is 0. The van der Waals surface area contributed by atoms with E-state index in [1.54, 1.807) is 6.92 Å². The highest BCUT2D eigenvalue weighted by Gasteiger charge is 2.29. The van der Waals surface area contributed by atoms with E-state index in [1.165, 1.54) is 0 Å². The molecule has 1 atom stereocenters. The SMILES string of the molecule is CC(C)C(C)(C#N)NC(=O)CNc1cc(F)ccc1F. The van der Waals surface area contributed by atoms with Gasteiger partial charge in [-0.1, -0.05) is 13.8 Å². The Bertz CT molecular complexity index is 540. The van der Waals surface area contributed by atoms with Gasteiger partial charge in [-0.25, -0.2) is 8.78 Å². The Labute approximate surface area is 116 Å². The van der Waals surface area contributed by atoms with Crippen molar-refractivity contribution in [1.29, 1.82) is 5.26 Å². The average Bonchev–Trinajstić information content (AvgIpc) is 2.39. The van der Waals surface area contributed by atoms with Crippen molar-refractivity contribution < 1.29 is 13.6 Å². The average molecular weight is 281 g/mol. The second-order valence-electron chi connectivity index (χ2n) is 4.99. The maximum Gasteiger partial charge on any atom is 0.240 e. The van der Waals surface area contributed by atoms with E-state index < -0.39 is 23.1 Å². The quantitative estimate of drug-likeness (QED) is 0.871. The molecule has 0 saturated heterocycles. The van der Waals surface area contributed by atoms with Crippen LogP contribution in [0.15, 0.2) is 18.2 Å². The molecule has 0 heterocycles. The van der Waals surface area contributed by atoms with Crippen LogP contribution in [0.1, 0.15) is 20.8 Å². The number of carbonyl (C=O) groups excluding carboxylic acids is 1. The number of hydrogen-bond acceptors (Lipinski definition) is 3. The summed E-state index contributed by atoms with van der Waals surface area (Å²) in [4.78, 5) is 11.8. The molecule has 0 aliphatic carbocycles. The lowest BCUT2D eigenvalue weighted by molar-refractivity contribution is -0.121. The first-order valence-electron chi connectivity index (χ1n) is 6.19. The van der Waals surface area contributed by atoms with Crippen LogP contribution in [-0.4, -0.2) is 18.0 Å². The number of halogens is 2. The van der Waals surface area contributed by atoms with Crippen LogP contribution in [0.4, 0.5) is 14.5 Å². The molecular formula is C14H17F2N3O. The van der Waals surface area contributed by atoms with Crippen LogP contribution in [0.3, 0.4) is 0 Å². The number of nitrogens with one attached hydrogen (secondary N) is 2. The molecule has 20 heavy (non-hydrogen) atoms. The van der Waals surface area contributed by atoms with E-state index in [0.717, 1.165) is 18.2 Å². The van der Waals surface area contributed by atoms with Crippen molar-refractivity contribution in [2.24, 2.45) is 5.92 Å². The standard InChI is InChI=1S/C14H17F2N3O/c1-9(2)14(3,8-17)19-13(20)7-18-12-6-10(15)4-5-11(12)16/h4-6,9,18H,7H2,1-3H3,(H,19,20). The van der Waals surface area contributed by atoms with Crippen LogP contribution in [-0.2, 0) is 4.79 Å². The van der Waals surface area contributed by atoms with E-state index >= 15 is 0 Å². The molecule has 0 saturated carbocycles. The summed E-state index contributed by atoms with van der Waals surface area (Å²) in [6.45, 7) is 4.98. The first kappa shape index (κ1) is 15.9. The molecule has 2 N–H and O–H groups in total. The Morgan fingerprint density at radius 3 is 2.65 bits per heavy atom. The van der Waals surface area contributed by atoms with Gasteiger partial charge in [0, 0.05) is 0 Å². The molecular weight excluding hydrogens is 264 g/mol. The third kappa shape index (κ3) is 3.92. The predicted molar refractivity (Wildman–Crippen MR) is 71.8 cm³/mol. The van der Waals surface area contributed by atoms with Crippen LogP contribution in [0.5, 0.6) is 0 Å². The number of amides is 1. The zero-order chi connectivity index (χ0) is 15.3. The minimum absolute atomic E-state index is 0.0812. The van der Waals surface area contributed by atoms with Crippen LogP contribution in [0.25, 0.3) is 0 Å². The Kier molecular flexibility index (Phi) is 5.03. The van der Waals surface area contributed by atoms with Crippen LogP contribution < -0.4 is 10.6 Å². The first-order valence-corrected chi connectivity index (χ1v) is 6.19. The van der Waals surface area contributed by atoms with Gasteiger partial charge in [-0.05, 0) is 31.0 Å². The van der Waals surface area contributed by atoms with Gasteiger partial charge in [0.1, 0.15) is 17.2 Å². The summed E-state index contributed by atoms with van der Waals surface area (Å²) in [7, 11) is 0. The normalized spacial score (nSPS) is 13.4. The summed E-state index contributed by atoms with van der Waals surface area (Å²) in [6, 6.07) is 4.97. The maximum absolute atomic E-state index is 13.3. The predicted octanol–water partition coefficient (Wildman–Crippen LogP) is 2.43. The second-order valence-corrected chi connectivity index (χ2v) is 4.99. The van der Waals surface area contributed by atoms with E-state index in [4.69, 9.17) is 5.26 Å². The van der Waals surface area contributed by atoms with Gasteiger partial charge in [-0.2, -0.15) is 5.26 Å². The molecule has 0 aromatic heterocycles. The van der Waals surface area contributed by atoms with Crippen LogP contribution >= 0.6 is 0 Å². The zero-order valence-electron chi connectivity index (χ0n) is 11.6. The molecule has 1 aromatic rings. The first-order chi connectivity index (χ1) is 9.28. The minimum atomic E-state index is -1.00. The number of carbonyl (C=O) groups is 1. The van der Waals surface area contributed by atoms with Gasteiger partial charge in [0.25, 0.3) is 0 Å². The van der Waals surface area contributed by atoms with Crippen LogP contribution in [0.2, 0.25) is 0 Å². The molecule has 0 aliphatic heterocycles.